The van der Waals surface area contributed by atoms with Gasteiger partial charge in [0.25, 0.3) is 0 Å². The predicted molar refractivity (Wildman–Crippen MR) is 216 cm³/mol. The average Bonchev–Trinajstić information content (AvgIpc) is 3.68. The molecule has 2 unspecified atom stereocenters. The van der Waals surface area contributed by atoms with Crippen LogP contribution < -0.4 is 0 Å². The highest BCUT2D eigenvalue weighted by molar-refractivity contribution is 8.37. The fourth-order valence-electron chi connectivity index (χ4n) is 7.38. The summed E-state index contributed by atoms with van der Waals surface area (Å²) >= 11 is 3.97. The smallest absolute Gasteiger partial charge is 0.0467 e. The molecule has 0 nitrogen and oxygen atoms in total. The maximum absolute atomic E-state index is 3.99. The SMILES string of the molecule is CCS(C#Cc1c2c(c(C#CS(CC)(CC)CC)c3c1ccc1c4ccccc4sc13)C=CC1c3ccccc3SC21)(CC)CC. The first-order valence-electron chi connectivity index (χ1n) is 16.9. The number of fused-ring (bicyclic) bond motifs is 10. The molecule has 0 spiro atoms. The van der Waals surface area contributed by atoms with Crippen molar-refractivity contribution >= 4 is 80.2 Å². The Kier molecular flexibility index (Phi) is 8.80. The number of hydrogen-bond donors (Lipinski definition) is 0. The fraction of sp³-hybridized carbons (Fsp3) is 0.333. The summed E-state index contributed by atoms with van der Waals surface area (Å²) in [5, 5.41) is 13.6. The van der Waals surface area contributed by atoms with Crippen LogP contribution in [-0.2, 0) is 0 Å². The molecule has 5 aromatic rings. The summed E-state index contributed by atoms with van der Waals surface area (Å²) in [4.78, 5) is 1.41. The van der Waals surface area contributed by atoms with Gasteiger partial charge in [-0.2, -0.15) is 20.1 Å². The van der Waals surface area contributed by atoms with E-state index < -0.39 is 20.1 Å². The summed E-state index contributed by atoms with van der Waals surface area (Å²) < 4.78 is 2.70. The first-order valence-corrected chi connectivity index (χ1v) is 22.9. The predicted octanol–water partition coefficient (Wildman–Crippen LogP) is 12.5. The van der Waals surface area contributed by atoms with Crippen LogP contribution in [0.3, 0.4) is 0 Å². The minimum absolute atomic E-state index is 0.305. The van der Waals surface area contributed by atoms with Crippen molar-refractivity contribution in [2.45, 2.75) is 57.6 Å². The van der Waals surface area contributed by atoms with Gasteiger partial charge in [0.2, 0.25) is 0 Å². The van der Waals surface area contributed by atoms with Crippen LogP contribution in [0.2, 0.25) is 0 Å². The molecule has 0 N–H and O–H groups in total. The molecule has 0 radical (unpaired) electrons. The molecular weight excluding hydrogens is 633 g/mol. The van der Waals surface area contributed by atoms with Crippen LogP contribution >= 0.6 is 43.2 Å². The second-order valence-electron chi connectivity index (χ2n) is 12.3. The molecule has 46 heavy (non-hydrogen) atoms. The van der Waals surface area contributed by atoms with Gasteiger partial charge in [-0.3, -0.25) is 0 Å². The zero-order chi connectivity index (χ0) is 32.1. The summed E-state index contributed by atoms with van der Waals surface area (Å²) in [5.41, 5.74) is 6.67. The maximum atomic E-state index is 3.99. The second kappa shape index (κ2) is 12.7. The lowest BCUT2D eigenvalue weighted by Crippen LogP contribution is -2.12. The Hall–Kier alpha value is -2.73. The topological polar surface area (TPSA) is 0 Å². The number of benzene rings is 4. The first-order chi connectivity index (χ1) is 22.5. The van der Waals surface area contributed by atoms with Gasteiger partial charge in [-0.25, -0.2) is 0 Å². The highest BCUT2D eigenvalue weighted by Crippen LogP contribution is 2.60. The van der Waals surface area contributed by atoms with E-state index in [2.05, 4.69) is 137 Å². The van der Waals surface area contributed by atoms with E-state index in [4.69, 9.17) is 0 Å². The van der Waals surface area contributed by atoms with Gasteiger partial charge in [-0.15, -0.1) is 23.1 Å². The normalized spacial score (nSPS) is 17.6. The van der Waals surface area contributed by atoms with Crippen LogP contribution in [0.25, 0.3) is 37.0 Å². The molecule has 7 rings (SSSR count). The lowest BCUT2D eigenvalue weighted by Gasteiger charge is -2.31. The number of allylic oxidation sites excluding steroid dienone is 1. The van der Waals surface area contributed by atoms with Crippen LogP contribution in [0.5, 0.6) is 0 Å². The van der Waals surface area contributed by atoms with Crippen molar-refractivity contribution in [2.24, 2.45) is 0 Å². The third-order valence-corrected chi connectivity index (χ3v) is 20.9. The monoisotopic (exact) mass is 676 g/mol. The summed E-state index contributed by atoms with van der Waals surface area (Å²) in [6.07, 6.45) is 4.91. The molecule has 236 valence electrons. The van der Waals surface area contributed by atoms with Gasteiger partial charge in [0.1, 0.15) is 0 Å². The highest BCUT2D eigenvalue weighted by Gasteiger charge is 2.39. The van der Waals surface area contributed by atoms with Crippen LogP contribution in [0.1, 0.15) is 80.5 Å². The van der Waals surface area contributed by atoms with E-state index in [9.17, 15) is 0 Å². The molecule has 0 saturated carbocycles. The summed E-state index contributed by atoms with van der Waals surface area (Å²) in [7, 11) is -2.00. The Morgan fingerprint density at radius 3 is 1.96 bits per heavy atom. The average molecular weight is 677 g/mol. The summed E-state index contributed by atoms with van der Waals surface area (Å²) in [6.45, 7) is 14.1. The fourth-order valence-corrected chi connectivity index (χ4v) is 14.1. The van der Waals surface area contributed by atoms with Gasteiger partial charge in [0.05, 0.1) is 0 Å². The first kappa shape index (κ1) is 31.8. The third-order valence-electron chi connectivity index (χ3n) is 10.6. The van der Waals surface area contributed by atoms with E-state index in [1.807, 2.05) is 23.1 Å². The number of hydrogen-bond acceptors (Lipinski definition) is 2. The van der Waals surface area contributed by atoms with Crippen molar-refractivity contribution in [3.8, 4) is 22.3 Å². The van der Waals surface area contributed by atoms with E-state index >= 15 is 0 Å². The second-order valence-corrected chi connectivity index (χ2v) is 22.6. The zero-order valence-electron chi connectivity index (χ0n) is 28.0. The molecule has 2 heterocycles. The van der Waals surface area contributed by atoms with E-state index in [-0.39, 0.29) is 0 Å². The minimum Gasteiger partial charge on any atom is -0.178 e. The largest absolute Gasteiger partial charge is 0.178 e. The van der Waals surface area contributed by atoms with Gasteiger partial charge in [-0.1, -0.05) is 114 Å². The summed E-state index contributed by atoms with van der Waals surface area (Å²) in [5.74, 6) is 15.2. The molecule has 0 amide bonds. The Balaban J connectivity index is 1.64. The molecule has 1 aliphatic heterocycles. The molecule has 0 bridgehead atoms. The third kappa shape index (κ3) is 5.04. The standard InChI is InChI=1S/C42H44S4/c1-7-45(8-2,9-3)27-25-33-31-21-23-36-30-18-14-16-20-38(30)44-42(36)40(31)34(26-28-46(10-4,11-5)12-6)32-22-24-35-29-17-13-15-19-37(29)43-41(35)39(32)33/h13-24,35,41H,7-12H2,1-6H3. The maximum Gasteiger partial charge on any atom is 0.0467 e. The number of thiophene rings is 1. The highest BCUT2D eigenvalue weighted by atomic mass is 32.3. The van der Waals surface area contributed by atoms with Gasteiger partial charge in [0.15, 0.2) is 0 Å². The molecule has 4 aromatic carbocycles. The van der Waals surface area contributed by atoms with Gasteiger partial charge in [0, 0.05) is 58.1 Å². The van der Waals surface area contributed by atoms with E-state index in [1.165, 1.54) is 63.7 Å². The van der Waals surface area contributed by atoms with Gasteiger partial charge >= 0.3 is 0 Å². The lowest BCUT2D eigenvalue weighted by molar-refractivity contribution is 0.817. The van der Waals surface area contributed by atoms with Crippen molar-refractivity contribution in [1.82, 2.24) is 0 Å². The van der Waals surface area contributed by atoms with Crippen LogP contribution in [-0.4, -0.2) is 34.5 Å². The van der Waals surface area contributed by atoms with E-state index in [0.29, 0.717) is 11.2 Å². The quantitative estimate of drug-likeness (QED) is 0.161. The number of thioether (sulfide) groups is 1. The molecule has 0 fully saturated rings. The van der Waals surface area contributed by atoms with Crippen molar-refractivity contribution in [3.63, 3.8) is 0 Å². The van der Waals surface area contributed by atoms with Gasteiger partial charge in [-0.05, 0) is 73.8 Å². The minimum atomic E-state index is -1.00. The van der Waals surface area contributed by atoms with Gasteiger partial charge < -0.3 is 0 Å². The van der Waals surface area contributed by atoms with E-state index in [1.54, 1.807) is 0 Å². The Bertz CT molecular complexity index is 2120. The Morgan fingerprint density at radius 2 is 1.26 bits per heavy atom. The van der Waals surface area contributed by atoms with Crippen LogP contribution in [0.15, 0.2) is 71.6 Å². The molecule has 4 heteroatoms. The Labute approximate surface area is 287 Å². The molecule has 2 atom stereocenters. The molecule has 1 aromatic heterocycles. The summed E-state index contributed by atoms with van der Waals surface area (Å²) in [6, 6.07) is 22.7. The molecule has 1 aliphatic carbocycles. The van der Waals surface area contributed by atoms with Crippen molar-refractivity contribution < 1.29 is 0 Å². The van der Waals surface area contributed by atoms with Crippen molar-refractivity contribution in [1.29, 1.82) is 0 Å². The van der Waals surface area contributed by atoms with Crippen LogP contribution in [0.4, 0.5) is 0 Å². The van der Waals surface area contributed by atoms with E-state index in [0.717, 1.165) is 34.5 Å². The van der Waals surface area contributed by atoms with Crippen molar-refractivity contribution in [3.05, 3.63) is 94.6 Å². The van der Waals surface area contributed by atoms with Crippen molar-refractivity contribution in [2.75, 3.05) is 34.5 Å². The molecular formula is C42H44S4. The lowest BCUT2D eigenvalue weighted by atomic mass is 9.79. The Morgan fingerprint density at radius 1 is 0.652 bits per heavy atom. The number of rotatable bonds is 6. The van der Waals surface area contributed by atoms with Crippen LogP contribution in [0, 0.1) is 22.3 Å². The molecule has 2 aliphatic rings. The zero-order valence-corrected chi connectivity index (χ0v) is 31.2. The molecule has 0 saturated heterocycles.